The first kappa shape index (κ1) is 24.8. The van der Waals surface area contributed by atoms with Crippen LogP contribution in [0.1, 0.15) is 30.9 Å². The van der Waals surface area contributed by atoms with Crippen molar-refractivity contribution in [1.29, 1.82) is 0 Å². The van der Waals surface area contributed by atoms with Gasteiger partial charge in [0.2, 0.25) is 5.88 Å². The normalized spacial score (nSPS) is 11.1. The maximum Gasteiger partial charge on any atom is 2.00 e. The topological polar surface area (TPSA) is 65.7 Å². The fraction of sp³-hybridized carbons (Fsp3) is 0.133. The molecule has 0 amide bonds. The summed E-state index contributed by atoms with van der Waals surface area (Å²) in [6.45, 7) is 6.36. The molecular formula is C30H23N5OPt. The zero-order valence-electron chi connectivity index (χ0n) is 20.5. The molecule has 5 heterocycles. The van der Waals surface area contributed by atoms with Crippen LogP contribution in [0.2, 0.25) is 0 Å². The summed E-state index contributed by atoms with van der Waals surface area (Å²) in [6.07, 6.45) is 8.74. The van der Waals surface area contributed by atoms with Crippen molar-refractivity contribution >= 4 is 21.9 Å². The van der Waals surface area contributed by atoms with Gasteiger partial charge in [-0.3, -0.25) is 0 Å². The summed E-state index contributed by atoms with van der Waals surface area (Å²) in [7, 11) is 0. The van der Waals surface area contributed by atoms with Crippen molar-refractivity contribution in [2.45, 2.75) is 26.7 Å². The van der Waals surface area contributed by atoms with Gasteiger partial charge in [-0.15, -0.1) is 6.07 Å². The Morgan fingerprint density at radius 2 is 1.68 bits per heavy atom. The van der Waals surface area contributed by atoms with Crippen LogP contribution in [0, 0.1) is 19.1 Å². The number of rotatable bonds is 5. The zero-order valence-corrected chi connectivity index (χ0v) is 22.8. The van der Waals surface area contributed by atoms with Crippen LogP contribution >= 0.6 is 0 Å². The van der Waals surface area contributed by atoms with Crippen LogP contribution in [0.15, 0.2) is 79.5 Å². The first-order chi connectivity index (χ1) is 17.6. The van der Waals surface area contributed by atoms with E-state index < -0.39 is 0 Å². The van der Waals surface area contributed by atoms with Crippen molar-refractivity contribution in [2.75, 3.05) is 0 Å². The quantitative estimate of drug-likeness (QED) is 0.189. The van der Waals surface area contributed by atoms with Crippen LogP contribution < -0.4 is 4.74 Å². The maximum atomic E-state index is 5.91. The minimum absolute atomic E-state index is 0. The third-order valence-electron chi connectivity index (χ3n) is 6.14. The van der Waals surface area contributed by atoms with Gasteiger partial charge in [0, 0.05) is 29.5 Å². The largest absolute Gasteiger partial charge is 2.00 e. The molecule has 0 bridgehead atoms. The number of aromatic nitrogens is 5. The fourth-order valence-electron chi connectivity index (χ4n) is 4.29. The standard InChI is InChI=1S/C30H23N5O.Pt/c1-19(2)21-9-11-32-28(15-21)35-26-7-5-4-6-25(26)30-27(35)14-23(17-34-30)22-13-24(18-31-16-22)36-29-12-20(3)8-10-33-29;/h4-12,15-19H,1-3H3;/q-2;+2. The van der Waals surface area contributed by atoms with Gasteiger partial charge in [-0.25, -0.2) is 21.1 Å². The molecule has 0 saturated carbocycles. The zero-order chi connectivity index (χ0) is 24.6. The molecule has 0 radical (unpaired) electrons. The van der Waals surface area contributed by atoms with Crippen molar-refractivity contribution in [3.05, 3.63) is 103 Å². The average molecular weight is 665 g/mol. The van der Waals surface area contributed by atoms with Gasteiger partial charge >= 0.3 is 21.1 Å². The van der Waals surface area contributed by atoms with E-state index in [1.807, 2.05) is 37.4 Å². The van der Waals surface area contributed by atoms with E-state index in [1.54, 1.807) is 24.8 Å². The number of ether oxygens (including phenoxy) is 1. The number of aryl methyl sites for hydroxylation is 1. The molecule has 7 heteroatoms. The number of pyridine rings is 4. The number of para-hydroxylation sites is 1. The number of fused-ring (bicyclic) bond motifs is 3. The monoisotopic (exact) mass is 664 g/mol. The number of hydrogen-bond donors (Lipinski definition) is 0. The smallest absolute Gasteiger partial charge is 0.458 e. The van der Waals surface area contributed by atoms with Gasteiger partial charge in [0.15, 0.2) is 0 Å². The van der Waals surface area contributed by atoms with E-state index in [0.717, 1.165) is 44.4 Å². The van der Waals surface area contributed by atoms with E-state index >= 15 is 0 Å². The van der Waals surface area contributed by atoms with Crippen molar-refractivity contribution in [3.8, 4) is 28.6 Å². The second-order valence-corrected chi connectivity index (χ2v) is 9.03. The molecule has 1 aromatic carbocycles. The van der Waals surface area contributed by atoms with Gasteiger partial charge in [-0.05, 0) is 65.3 Å². The second-order valence-electron chi connectivity index (χ2n) is 9.03. The maximum absolute atomic E-state index is 5.91. The van der Waals surface area contributed by atoms with Gasteiger partial charge in [0.05, 0.1) is 5.75 Å². The molecule has 0 spiro atoms. The van der Waals surface area contributed by atoms with Crippen LogP contribution in [0.4, 0.5) is 0 Å². The Morgan fingerprint density at radius 3 is 2.51 bits per heavy atom. The molecule has 0 saturated heterocycles. The molecular weight excluding hydrogens is 641 g/mol. The van der Waals surface area contributed by atoms with E-state index in [0.29, 0.717) is 17.5 Å². The van der Waals surface area contributed by atoms with E-state index in [4.69, 9.17) is 14.7 Å². The van der Waals surface area contributed by atoms with Crippen molar-refractivity contribution in [1.82, 2.24) is 24.5 Å². The minimum Gasteiger partial charge on any atom is -0.458 e. The molecule has 0 aliphatic heterocycles. The average Bonchev–Trinajstić information content (AvgIpc) is 3.22. The molecule has 184 valence electrons. The third-order valence-corrected chi connectivity index (χ3v) is 6.14. The van der Waals surface area contributed by atoms with E-state index in [-0.39, 0.29) is 21.1 Å². The van der Waals surface area contributed by atoms with Gasteiger partial charge in [0.25, 0.3) is 0 Å². The number of benzene rings is 1. The van der Waals surface area contributed by atoms with Crippen LogP contribution in [0.25, 0.3) is 38.9 Å². The van der Waals surface area contributed by atoms with Gasteiger partial charge in [-0.1, -0.05) is 44.4 Å². The summed E-state index contributed by atoms with van der Waals surface area (Å²) in [5.41, 5.74) is 6.54. The molecule has 0 N–H and O–H groups in total. The number of nitrogens with zero attached hydrogens (tertiary/aromatic N) is 5. The Balaban J connectivity index is 0.00000280. The minimum atomic E-state index is 0. The fourth-order valence-corrected chi connectivity index (χ4v) is 4.29. The summed E-state index contributed by atoms with van der Waals surface area (Å²) >= 11 is 0. The molecule has 37 heavy (non-hydrogen) atoms. The SMILES string of the molecule is Cc1ccnc(Oc2[c-]c(-c3[c-]c4c(nc3)c3ccccc3n4-c3cc(C(C)C)ccn3)cnc2)c1.[Pt+2]. The first-order valence-corrected chi connectivity index (χ1v) is 11.8. The van der Waals surface area contributed by atoms with Crippen LogP contribution in [0.5, 0.6) is 11.6 Å². The molecule has 0 fully saturated rings. The van der Waals surface area contributed by atoms with Gasteiger partial charge in [0.1, 0.15) is 5.82 Å². The first-order valence-electron chi connectivity index (χ1n) is 11.8. The molecule has 6 aromatic rings. The van der Waals surface area contributed by atoms with Crippen molar-refractivity contribution in [2.24, 2.45) is 0 Å². The van der Waals surface area contributed by atoms with Crippen LogP contribution in [-0.4, -0.2) is 24.5 Å². The predicted octanol–water partition coefficient (Wildman–Crippen LogP) is 6.85. The molecule has 0 unspecified atom stereocenters. The molecule has 0 atom stereocenters. The summed E-state index contributed by atoms with van der Waals surface area (Å²) < 4.78 is 8.03. The second kappa shape index (κ2) is 10.2. The van der Waals surface area contributed by atoms with E-state index in [9.17, 15) is 0 Å². The summed E-state index contributed by atoms with van der Waals surface area (Å²) in [4.78, 5) is 18.2. The summed E-state index contributed by atoms with van der Waals surface area (Å²) in [6, 6.07) is 23.1. The summed E-state index contributed by atoms with van der Waals surface area (Å²) in [5.74, 6) is 2.21. The van der Waals surface area contributed by atoms with E-state index in [1.165, 1.54) is 5.56 Å². The number of hydrogen-bond acceptors (Lipinski definition) is 5. The molecule has 6 rings (SSSR count). The third kappa shape index (κ3) is 4.77. The Bertz CT molecular complexity index is 1730. The van der Waals surface area contributed by atoms with Gasteiger partial charge in [-0.2, -0.15) is 6.07 Å². The molecule has 5 aromatic heterocycles. The summed E-state index contributed by atoms with van der Waals surface area (Å²) in [5, 5.41) is 1.05. The molecule has 0 aliphatic carbocycles. The van der Waals surface area contributed by atoms with E-state index in [2.05, 4.69) is 64.8 Å². The Labute approximate surface area is 229 Å². The van der Waals surface area contributed by atoms with Crippen molar-refractivity contribution in [3.63, 3.8) is 0 Å². The van der Waals surface area contributed by atoms with Gasteiger partial charge < -0.3 is 19.3 Å². The Hall–Kier alpha value is -3.89. The van der Waals surface area contributed by atoms with Crippen molar-refractivity contribution < 1.29 is 25.8 Å². The predicted molar refractivity (Wildman–Crippen MR) is 140 cm³/mol. The Kier molecular flexibility index (Phi) is 6.85. The molecule has 0 aliphatic rings. The Morgan fingerprint density at radius 1 is 0.865 bits per heavy atom. The molecule has 6 nitrogen and oxygen atoms in total. The van der Waals surface area contributed by atoms with Crippen LogP contribution in [-0.2, 0) is 21.1 Å². The van der Waals surface area contributed by atoms with Crippen LogP contribution in [0.3, 0.4) is 0 Å².